The molecule has 1 unspecified atom stereocenters. The molecule has 1 heterocycles. The third-order valence-corrected chi connectivity index (χ3v) is 3.70. The van der Waals surface area contributed by atoms with Crippen molar-refractivity contribution < 1.29 is 0 Å². The molecule has 0 fully saturated rings. The van der Waals surface area contributed by atoms with Crippen LogP contribution in [-0.4, -0.2) is 4.98 Å². The van der Waals surface area contributed by atoms with Crippen LogP contribution in [0.3, 0.4) is 0 Å². The molecule has 0 amide bonds. The molecule has 2 N–H and O–H groups in total. The first-order valence-electron chi connectivity index (χ1n) is 5.52. The molecule has 17 heavy (non-hydrogen) atoms. The van der Waals surface area contributed by atoms with Crippen molar-refractivity contribution in [3.63, 3.8) is 0 Å². The number of hydrogen-bond acceptors (Lipinski definition) is 2. The summed E-state index contributed by atoms with van der Waals surface area (Å²) < 4.78 is 1.09. The Labute approximate surface area is 110 Å². The average molecular weight is 291 g/mol. The minimum Gasteiger partial charge on any atom is -0.320 e. The summed E-state index contributed by atoms with van der Waals surface area (Å²) in [5.41, 5.74) is 10.6. The zero-order valence-electron chi connectivity index (χ0n) is 9.94. The van der Waals surface area contributed by atoms with Gasteiger partial charge in [-0.25, -0.2) is 0 Å². The topological polar surface area (TPSA) is 38.9 Å². The molecule has 0 saturated carbocycles. The van der Waals surface area contributed by atoms with Gasteiger partial charge in [0.05, 0.1) is 6.04 Å². The second-order valence-electron chi connectivity index (χ2n) is 4.22. The fourth-order valence-corrected chi connectivity index (χ4v) is 2.05. The van der Waals surface area contributed by atoms with E-state index in [0.29, 0.717) is 0 Å². The van der Waals surface area contributed by atoms with Crippen LogP contribution < -0.4 is 5.73 Å². The van der Waals surface area contributed by atoms with E-state index >= 15 is 0 Å². The quantitative estimate of drug-likeness (QED) is 0.919. The van der Waals surface area contributed by atoms with E-state index in [4.69, 9.17) is 5.73 Å². The Balaban J connectivity index is 2.33. The lowest BCUT2D eigenvalue weighted by atomic mass is 10.00. The van der Waals surface area contributed by atoms with Crippen LogP contribution in [0.4, 0.5) is 0 Å². The highest BCUT2D eigenvalue weighted by molar-refractivity contribution is 9.10. The van der Waals surface area contributed by atoms with Crippen molar-refractivity contribution in [2.75, 3.05) is 0 Å². The molecule has 2 nitrogen and oxygen atoms in total. The predicted octanol–water partition coefficient (Wildman–Crippen LogP) is 3.51. The molecule has 88 valence electrons. The van der Waals surface area contributed by atoms with Crippen molar-refractivity contribution in [3.8, 4) is 0 Å². The monoisotopic (exact) mass is 290 g/mol. The first kappa shape index (κ1) is 12.3. The van der Waals surface area contributed by atoms with Crippen molar-refractivity contribution >= 4 is 15.9 Å². The maximum atomic E-state index is 6.22. The Hall–Kier alpha value is -1.19. The molecular weight excluding hydrogens is 276 g/mol. The van der Waals surface area contributed by atoms with E-state index in [2.05, 4.69) is 46.0 Å². The molecule has 0 aliphatic carbocycles. The first-order valence-corrected chi connectivity index (χ1v) is 6.31. The minimum atomic E-state index is -0.125. The second-order valence-corrected chi connectivity index (χ2v) is 5.07. The van der Waals surface area contributed by atoms with E-state index in [-0.39, 0.29) is 6.04 Å². The Morgan fingerprint density at radius 2 is 1.82 bits per heavy atom. The lowest BCUT2D eigenvalue weighted by Gasteiger charge is -2.13. The maximum Gasteiger partial charge on any atom is 0.0567 e. The smallest absolute Gasteiger partial charge is 0.0567 e. The fourth-order valence-electron chi connectivity index (χ4n) is 1.66. The Morgan fingerprint density at radius 1 is 1.12 bits per heavy atom. The highest BCUT2D eigenvalue weighted by Crippen LogP contribution is 2.24. The van der Waals surface area contributed by atoms with Crippen molar-refractivity contribution in [1.82, 2.24) is 4.98 Å². The maximum absolute atomic E-state index is 6.22. The number of benzene rings is 1. The zero-order valence-corrected chi connectivity index (χ0v) is 11.5. The predicted molar refractivity (Wildman–Crippen MR) is 73.9 cm³/mol. The molecule has 0 saturated heterocycles. The Kier molecular flexibility index (Phi) is 3.60. The van der Waals surface area contributed by atoms with Crippen LogP contribution in [0.25, 0.3) is 0 Å². The van der Waals surface area contributed by atoms with E-state index in [1.807, 2.05) is 25.3 Å². The van der Waals surface area contributed by atoms with Gasteiger partial charge in [0, 0.05) is 16.4 Å². The number of nitrogens with zero attached hydrogens (tertiary/aromatic N) is 1. The van der Waals surface area contributed by atoms with E-state index in [0.717, 1.165) is 21.3 Å². The van der Waals surface area contributed by atoms with E-state index in [1.165, 1.54) is 5.56 Å². The molecule has 0 bridgehead atoms. The molecular formula is C14H15BrN2. The summed E-state index contributed by atoms with van der Waals surface area (Å²) in [5.74, 6) is 0. The van der Waals surface area contributed by atoms with Gasteiger partial charge in [-0.15, -0.1) is 0 Å². The van der Waals surface area contributed by atoms with E-state index in [1.54, 1.807) is 0 Å². The molecule has 0 radical (unpaired) electrons. The Bertz CT molecular complexity index is 520. The molecule has 1 aromatic carbocycles. The molecule has 0 aliphatic rings. The van der Waals surface area contributed by atoms with Crippen molar-refractivity contribution in [3.05, 3.63) is 63.4 Å². The summed E-state index contributed by atoms with van der Waals surface area (Å²) in [6.45, 7) is 4.03. The number of rotatable bonds is 2. The van der Waals surface area contributed by atoms with Crippen LogP contribution in [0, 0.1) is 13.8 Å². The summed E-state index contributed by atoms with van der Waals surface area (Å²) in [6.07, 6.45) is 1.84. The average Bonchev–Trinajstić information content (AvgIpc) is 2.33. The number of hydrogen-bond donors (Lipinski definition) is 1. The third kappa shape index (κ3) is 2.73. The Morgan fingerprint density at radius 3 is 2.41 bits per heavy atom. The van der Waals surface area contributed by atoms with Crippen LogP contribution in [0.2, 0.25) is 0 Å². The molecule has 0 aliphatic heterocycles. The van der Waals surface area contributed by atoms with Crippen molar-refractivity contribution in [1.29, 1.82) is 0 Å². The van der Waals surface area contributed by atoms with Gasteiger partial charge in [0.15, 0.2) is 0 Å². The molecule has 3 heteroatoms. The van der Waals surface area contributed by atoms with Gasteiger partial charge in [0.2, 0.25) is 0 Å². The largest absolute Gasteiger partial charge is 0.320 e. The second kappa shape index (κ2) is 4.98. The lowest BCUT2D eigenvalue weighted by Crippen LogP contribution is -2.12. The van der Waals surface area contributed by atoms with Gasteiger partial charge in [-0.05, 0) is 42.7 Å². The van der Waals surface area contributed by atoms with Gasteiger partial charge >= 0.3 is 0 Å². The van der Waals surface area contributed by atoms with Crippen molar-refractivity contribution in [2.45, 2.75) is 19.9 Å². The third-order valence-electron chi connectivity index (χ3n) is 2.85. The molecule has 0 spiro atoms. The van der Waals surface area contributed by atoms with Crippen LogP contribution in [-0.2, 0) is 0 Å². The SMILES string of the molecule is Cc1ccc(C(N)c2ccc(C)c(Br)c2)cn1. The number of aromatic nitrogens is 1. The van der Waals surface area contributed by atoms with Gasteiger partial charge in [-0.3, -0.25) is 4.98 Å². The highest BCUT2D eigenvalue weighted by Gasteiger charge is 2.10. The van der Waals surface area contributed by atoms with Crippen LogP contribution in [0.15, 0.2) is 41.0 Å². The molecule has 2 aromatic rings. The standard InChI is InChI=1S/C14H15BrN2/c1-9-3-5-11(7-13(9)15)14(16)12-6-4-10(2)17-8-12/h3-8,14H,16H2,1-2H3. The number of aryl methyl sites for hydroxylation is 2. The van der Waals surface area contributed by atoms with Gasteiger partial charge < -0.3 is 5.73 Å². The summed E-state index contributed by atoms with van der Waals surface area (Å²) >= 11 is 3.53. The fraction of sp³-hybridized carbons (Fsp3) is 0.214. The lowest BCUT2D eigenvalue weighted by molar-refractivity contribution is 0.859. The summed E-state index contributed by atoms with van der Waals surface area (Å²) in [5, 5.41) is 0. The van der Waals surface area contributed by atoms with Crippen LogP contribution in [0.5, 0.6) is 0 Å². The summed E-state index contributed by atoms with van der Waals surface area (Å²) in [4.78, 5) is 4.27. The zero-order chi connectivity index (χ0) is 12.4. The van der Waals surface area contributed by atoms with E-state index < -0.39 is 0 Å². The summed E-state index contributed by atoms with van der Waals surface area (Å²) in [6, 6.07) is 10.1. The number of nitrogens with two attached hydrogens (primary N) is 1. The van der Waals surface area contributed by atoms with Crippen LogP contribution >= 0.6 is 15.9 Å². The molecule has 1 aromatic heterocycles. The summed E-state index contributed by atoms with van der Waals surface area (Å²) in [7, 11) is 0. The van der Waals surface area contributed by atoms with Gasteiger partial charge in [-0.1, -0.05) is 34.1 Å². The highest BCUT2D eigenvalue weighted by atomic mass is 79.9. The molecule has 1 atom stereocenters. The normalized spacial score (nSPS) is 12.5. The van der Waals surface area contributed by atoms with Gasteiger partial charge in [0.25, 0.3) is 0 Å². The van der Waals surface area contributed by atoms with Crippen molar-refractivity contribution in [2.24, 2.45) is 5.73 Å². The number of halogens is 1. The van der Waals surface area contributed by atoms with E-state index in [9.17, 15) is 0 Å². The van der Waals surface area contributed by atoms with Gasteiger partial charge in [-0.2, -0.15) is 0 Å². The first-order chi connectivity index (χ1) is 8.08. The van der Waals surface area contributed by atoms with Crippen LogP contribution in [0.1, 0.15) is 28.4 Å². The minimum absolute atomic E-state index is 0.125. The molecule has 2 rings (SSSR count). The van der Waals surface area contributed by atoms with Gasteiger partial charge in [0.1, 0.15) is 0 Å². The number of pyridine rings is 1.